The van der Waals surface area contributed by atoms with Gasteiger partial charge in [0.05, 0.1) is 35.0 Å². The lowest BCUT2D eigenvalue weighted by molar-refractivity contribution is 0.0587. The van der Waals surface area contributed by atoms with Crippen LogP contribution < -0.4 is 10.6 Å². The maximum atomic E-state index is 13.4. The molecule has 1 unspecified atom stereocenters. The quantitative estimate of drug-likeness (QED) is 0.559. The Balaban J connectivity index is 1.69. The van der Waals surface area contributed by atoms with E-state index >= 15 is 0 Å². The first-order valence-electron chi connectivity index (χ1n) is 10.1. The molecule has 3 heterocycles. The van der Waals surface area contributed by atoms with Crippen molar-refractivity contribution in [2.45, 2.75) is 6.04 Å². The zero-order valence-electron chi connectivity index (χ0n) is 17.7. The summed E-state index contributed by atoms with van der Waals surface area (Å²) >= 11 is 12.1. The van der Waals surface area contributed by atoms with Crippen molar-refractivity contribution in [3.63, 3.8) is 0 Å². The number of amides is 1. The number of nitrogen functional groups attached to an aromatic ring is 1. The summed E-state index contributed by atoms with van der Waals surface area (Å²) in [6, 6.07) is 10.3. The number of nitrogens with two attached hydrogens (primary N) is 1. The molecule has 170 valence electrons. The highest BCUT2D eigenvalue weighted by Crippen LogP contribution is 2.34. The van der Waals surface area contributed by atoms with E-state index < -0.39 is 5.97 Å². The van der Waals surface area contributed by atoms with E-state index in [1.807, 2.05) is 17.0 Å². The van der Waals surface area contributed by atoms with Crippen LogP contribution in [0.2, 0.25) is 10.0 Å². The van der Waals surface area contributed by atoms with Gasteiger partial charge in [-0.25, -0.2) is 9.78 Å². The van der Waals surface area contributed by atoms with Crippen molar-refractivity contribution >= 4 is 46.6 Å². The molecule has 2 N–H and O–H groups in total. The molecule has 1 aromatic carbocycles. The minimum absolute atomic E-state index is 0.173. The van der Waals surface area contributed by atoms with Gasteiger partial charge in [0.15, 0.2) is 5.82 Å². The number of methoxy groups -OCH3 is 1. The van der Waals surface area contributed by atoms with Crippen molar-refractivity contribution in [2.24, 2.45) is 0 Å². The Hall–Kier alpha value is -3.36. The summed E-state index contributed by atoms with van der Waals surface area (Å²) in [5.74, 6) is -0.311. The van der Waals surface area contributed by atoms with E-state index in [-0.39, 0.29) is 23.1 Å². The summed E-state index contributed by atoms with van der Waals surface area (Å²) in [6.07, 6.45) is 4.38. The average Bonchev–Trinajstić information content (AvgIpc) is 2.83. The molecule has 0 bridgehead atoms. The van der Waals surface area contributed by atoms with E-state index in [0.717, 1.165) is 5.56 Å². The van der Waals surface area contributed by atoms with Crippen LogP contribution in [-0.2, 0) is 4.74 Å². The summed E-state index contributed by atoms with van der Waals surface area (Å²) in [5, 5.41) is 1.05. The standard InChI is InChI=1S/C23H21Cl2N5O3/c1-33-23(32)17-6-7-27-12-18(17)22(31)29-8-9-30(21-19(26)10-16(25)11-28-21)20(13-29)14-2-4-15(24)5-3-14/h2-7,10-12,20H,8-9,13,26H2,1H3. The maximum absolute atomic E-state index is 13.4. The van der Waals surface area contributed by atoms with E-state index in [2.05, 4.69) is 9.97 Å². The third-order valence-electron chi connectivity index (χ3n) is 5.51. The second kappa shape index (κ2) is 9.64. The van der Waals surface area contributed by atoms with Gasteiger partial charge in [-0.15, -0.1) is 0 Å². The fourth-order valence-electron chi connectivity index (χ4n) is 3.90. The molecule has 8 nitrogen and oxygen atoms in total. The van der Waals surface area contributed by atoms with Crippen molar-refractivity contribution in [3.05, 3.63) is 81.7 Å². The topological polar surface area (TPSA) is 102 Å². The summed E-state index contributed by atoms with van der Waals surface area (Å²) in [6.45, 7) is 1.19. The summed E-state index contributed by atoms with van der Waals surface area (Å²) in [4.78, 5) is 37.8. The monoisotopic (exact) mass is 485 g/mol. The van der Waals surface area contributed by atoms with Gasteiger partial charge in [0.25, 0.3) is 5.91 Å². The molecule has 1 aliphatic rings. The third-order valence-corrected chi connectivity index (χ3v) is 5.97. The van der Waals surface area contributed by atoms with Crippen LogP contribution in [0, 0.1) is 0 Å². The largest absolute Gasteiger partial charge is 0.465 e. The van der Waals surface area contributed by atoms with E-state index in [4.69, 9.17) is 33.7 Å². The highest BCUT2D eigenvalue weighted by Gasteiger charge is 2.34. The Labute approximate surface area is 200 Å². The lowest BCUT2D eigenvalue weighted by Crippen LogP contribution is -2.51. The molecule has 2 aromatic heterocycles. The number of hydrogen-bond donors (Lipinski definition) is 1. The molecule has 0 spiro atoms. The SMILES string of the molecule is COC(=O)c1ccncc1C(=O)N1CCN(c2ncc(Cl)cc2N)C(c2ccc(Cl)cc2)C1. The van der Waals surface area contributed by atoms with Crippen LogP contribution in [0.1, 0.15) is 32.3 Å². The number of nitrogens with zero attached hydrogens (tertiary/aromatic N) is 4. The number of benzene rings is 1. The van der Waals surface area contributed by atoms with Crippen molar-refractivity contribution in [3.8, 4) is 0 Å². The number of pyridine rings is 2. The van der Waals surface area contributed by atoms with E-state index in [9.17, 15) is 9.59 Å². The number of halogens is 2. The van der Waals surface area contributed by atoms with Crippen LogP contribution in [0.25, 0.3) is 0 Å². The molecule has 1 atom stereocenters. The smallest absolute Gasteiger partial charge is 0.338 e. The van der Waals surface area contributed by atoms with Crippen LogP contribution >= 0.6 is 23.2 Å². The Morgan fingerprint density at radius 2 is 1.82 bits per heavy atom. The van der Waals surface area contributed by atoms with Gasteiger partial charge < -0.3 is 20.3 Å². The van der Waals surface area contributed by atoms with Crippen LogP contribution in [0.4, 0.5) is 11.5 Å². The normalized spacial score (nSPS) is 15.9. The number of rotatable bonds is 4. The molecule has 1 aliphatic heterocycles. The second-order valence-electron chi connectivity index (χ2n) is 7.49. The van der Waals surface area contributed by atoms with Gasteiger partial charge in [0, 0.05) is 43.2 Å². The molecule has 1 amide bonds. The number of esters is 1. The zero-order chi connectivity index (χ0) is 23.5. The fourth-order valence-corrected chi connectivity index (χ4v) is 4.19. The highest BCUT2D eigenvalue weighted by molar-refractivity contribution is 6.31. The maximum Gasteiger partial charge on any atom is 0.338 e. The van der Waals surface area contributed by atoms with E-state index in [1.165, 1.54) is 25.6 Å². The molecule has 33 heavy (non-hydrogen) atoms. The van der Waals surface area contributed by atoms with Gasteiger partial charge in [0.1, 0.15) is 0 Å². The van der Waals surface area contributed by atoms with E-state index in [1.54, 1.807) is 29.3 Å². The number of piperazine rings is 1. The van der Waals surface area contributed by atoms with Crippen LogP contribution in [0.3, 0.4) is 0 Å². The van der Waals surface area contributed by atoms with Gasteiger partial charge in [-0.2, -0.15) is 0 Å². The minimum Gasteiger partial charge on any atom is -0.465 e. The molecule has 0 radical (unpaired) electrons. The first kappa shape index (κ1) is 22.8. The Bertz CT molecular complexity index is 1190. The molecular weight excluding hydrogens is 465 g/mol. The third kappa shape index (κ3) is 4.72. The Morgan fingerprint density at radius 1 is 1.06 bits per heavy atom. The minimum atomic E-state index is -0.591. The summed E-state index contributed by atoms with van der Waals surface area (Å²) < 4.78 is 4.82. The first-order chi connectivity index (χ1) is 15.9. The van der Waals surface area contributed by atoms with E-state index in [0.29, 0.717) is 41.2 Å². The second-order valence-corrected chi connectivity index (χ2v) is 8.36. The average molecular weight is 486 g/mol. The van der Waals surface area contributed by atoms with Crippen molar-refractivity contribution in [1.82, 2.24) is 14.9 Å². The number of ether oxygens (including phenoxy) is 1. The molecule has 3 aromatic rings. The van der Waals surface area contributed by atoms with Crippen LogP contribution in [0.5, 0.6) is 0 Å². The molecule has 10 heteroatoms. The summed E-state index contributed by atoms with van der Waals surface area (Å²) in [7, 11) is 1.27. The fraction of sp³-hybridized carbons (Fsp3) is 0.217. The predicted molar refractivity (Wildman–Crippen MR) is 127 cm³/mol. The van der Waals surface area contributed by atoms with Gasteiger partial charge in [-0.05, 0) is 29.8 Å². The predicted octanol–water partition coefficient (Wildman–Crippen LogP) is 3.86. The molecular formula is C23H21Cl2N5O3. The number of anilines is 2. The zero-order valence-corrected chi connectivity index (χ0v) is 19.3. The Kier molecular flexibility index (Phi) is 6.67. The van der Waals surface area contributed by atoms with Gasteiger partial charge in [0.2, 0.25) is 0 Å². The molecule has 0 saturated carbocycles. The number of carbonyl (C=O) groups excluding carboxylic acids is 2. The molecule has 1 saturated heterocycles. The molecule has 1 fully saturated rings. The Morgan fingerprint density at radius 3 is 2.52 bits per heavy atom. The van der Waals surface area contributed by atoms with Crippen molar-refractivity contribution in [1.29, 1.82) is 0 Å². The summed E-state index contributed by atoms with van der Waals surface area (Å²) in [5.41, 5.74) is 7.97. The molecule has 0 aliphatic carbocycles. The van der Waals surface area contributed by atoms with Crippen molar-refractivity contribution in [2.75, 3.05) is 37.4 Å². The molecule has 4 rings (SSSR count). The van der Waals surface area contributed by atoms with Gasteiger partial charge in [-0.3, -0.25) is 9.78 Å². The van der Waals surface area contributed by atoms with Crippen molar-refractivity contribution < 1.29 is 14.3 Å². The highest BCUT2D eigenvalue weighted by atomic mass is 35.5. The van der Waals surface area contributed by atoms with Crippen LogP contribution in [-0.4, -0.2) is 53.5 Å². The van der Waals surface area contributed by atoms with Gasteiger partial charge >= 0.3 is 5.97 Å². The first-order valence-corrected chi connectivity index (χ1v) is 10.9. The lowest BCUT2D eigenvalue weighted by Gasteiger charge is -2.42. The number of aromatic nitrogens is 2. The number of hydrogen-bond acceptors (Lipinski definition) is 7. The number of carbonyl (C=O) groups is 2. The van der Waals surface area contributed by atoms with Crippen LogP contribution in [0.15, 0.2) is 55.0 Å². The lowest BCUT2D eigenvalue weighted by atomic mass is 10.0. The van der Waals surface area contributed by atoms with Gasteiger partial charge in [-0.1, -0.05) is 35.3 Å².